The quantitative estimate of drug-likeness (QED) is 0.702. The van der Waals surface area contributed by atoms with Gasteiger partial charge < -0.3 is 5.11 Å². The van der Waals surface area contributed by atoms with Crippen LogP contribution in [0.1, 0.15) is 52.4 Å². The average Bonchev–Trinajstić information content (AvgIpc) is 2.85. The summed E-state index contributed by atoms with van der Waals surface area (Å²) >= 11 is 0. The molecule has 1 atom stereocenters. The van der Waals surface area contributed by atoms with Crippen molar-refractivity contribution in [3.8, 4) is 0 Å². The Kier molecular flexibility index (Phi) is 7.28. The van der Waals surface area contributed by atoms with Gasteiger partial charge >= 0.3 is 0 Å². The van der Waals surface area contributed by atoms with Crippen molar-refractivity contribution in [2.75, 3.05) is 26.2 Å². The third-order valence-corrected chi connectivity index (χ3v) is 5.68. The average molecular weight is 292 g/mol. The fourth-order valence-electron chi connectivity index (χ4n) is 2.72. The van der Waals surface area contributed by atoms with Crippen molar-refractivity contribution < 1.29 is 13.5 Å². The van der Waals surface area contributed by atoms with Gasteiger partial charge in [0.25, 0.3) is 10.2 Å². The van der Waals surface area contributed by atoms with Crippen molar-refractivity contribution in [3.63, 3.8) is 0 Å². The molecule has 19 heavy (non-hydrogen) atoms. The fourth-order valence-corrected chi connectivity index (χ4v) is 4.79. The summed E-state index contributed by atoms with van der Waals surface area (Å²) in [7, 11) is -3.32. The molecule has 1 aliphatic heterocycles. The monoisotopic (exact) mass is 292 g/mol. The van der Waals surface area contributed by atoms with Crippen LogP contribution in [-0.4, -0.2) is 54.4 Å². The number of hydrogen-bond donors (Lipinski definition) is 1. The van der Waals surface area contributed by atoms with Gasteiger partial charge in [-0.05, 0) is 38.5 Å². The molecule has 0 amide bonds. The van der Waals surface area contributed by atoms with E-state index >= 15 is 0 Å². The molecular weight excluding hydrogens is 264 g/mol. The number of hydrogen-bond acceptors (Lipinski definition) is 3. The van der Waals surface area contributed by atoms with E-state index in [1.807, 2.05) is 13.8 Å². The second kappa shape index (κ2) is 8.19. The zero-order valence-electron chi connectivity index (χ0n) is 12.2. The van der Waals surface area contributed by atoms with E-state index in [2.05, 4.69) is 0 Å². The minimum Gasteiger partial charge on any atom is -0.396 e. The highest BCUT2D eigenvalue weighted by atomic mass is 32.2. The van der Waals surface area contributed by atoms with Crippen LogP contribution in [0.15, 0.2) is 0 Å². The topological polar surface area (TPSA) is 60.9 Å². The third kappa shape index (κ3) is 4.41. The van der Waals surface area contributed by atoms with Crippen LogP contribution in [0.2, 0.25) is 0 Å². The van der Waals surface area contributed by atoms with E-state index in [4.69, 9.17) is 5.11 Å². The maximum atomic E-state index is 12.7. The lowest BCUT2D eigenvalue weighted by Gasteiger charge is -2.30. The Labute approximate surface area is 117 Å². The normalized spacial score (nSPS) is 21.4. The van der Waals surface area contributed by atoms with Crippen molar-refractivity contribution in [1.29, 1.82) is 0 Å². The lowest BCUT2D eigenvalue weighted by Crippen LogP contribution is -2.46. The smallest absolute Gasteiger partial charge is 0.282 e. The molecule has 0 aromatic heterocycles. The zero-order valence-corrected chi connectivity index (χ0v) is 13.0. The molecular formula is C13H28N2O3S. The molecule has 6 heteroatoms. The van der Waals surface area contributed by atoms with E-state index in [1.54, 1.807) is 8.61 Å². The maximum Gasteiger partial charge on any atom is 0.282 e. The molecule has 0 aromatic carbocycles. The molecule has 0 aliphatic carbocycles. The molecule has 1 fully saturated rings. The highest BCUT2D eigenvalue weighted by Crippen LogP contribution is 2.26. The molecule has 0 spiro atoms. The predicted molar refractivity (Wildman–Crippen MR) is 77.1 cm³/mol. The first-order chi connectivity index (χ1) is 9.07. The molecule has 0 aromatic rings. The summed E-state index contributed by atoms with van der Waals surface area (Å²) in [5.74, 6) is 0. The van der Waals surface area contributed by atoms with E-state index in [9.17, 15) is 8.42 Å². The van der Waals surface area contributed by atoms with E-state index in [0.29, 0.717) is 26.1 Å². The molecule has 0 bridgehead atoms. The van der Waals surface area contributed by atoms with Crippen LogP contribution in [-0.2, 0) is 10.2 Å². The minimum atomic E-state index is -3.32. The summed E-state index contributed by atoms with van der Waals surface area (Å²) in [5.41, 5.74) is 0. The number of aliphatic hydroxyl groups excluding tert-OH is 1. The molecule has 1 rings (SSSR count). The van der Waals surface area contributed by atoms with Crippen LogP contribution in [0.5, 0.6) is 0 Å². The Balaban J connectivity index is 2.77. The lowest BCUT2D eigenvalue weighted by atomic mass is 10.1. The van der Waals surface area contributed by atoms with E-state index in [0.717, 1.165) is 32.1 Å². The Morgan fingerprint density at radius 2 is 1.89 bits per heavy atom. The van der Waals surface area contributed by atoms with Gasteiger partial charge in [0.15, 0.2) is 0 Å². The van der Waals surface area contributed by atoms with Crippen molar-refractivity contribution in [1.82, 2.24) is 8.61 Å². The van der Waals surface area contributed by atoms with Crippen LogP contribution in [0.3, 0.4) is 0 Å². The minimum absolute atomic E-state index is 0.0772. The van der Waals surface area contributed by atoms with Gasteiger partial charge in [-0.15, -0.1) is 0 Å². The zero-order chi connectivity index (χ0) is 14.3. The summed E-state index contributed by atoms with van der Waals surface area (Å²) in [6.45, 7) is 5.97. The van der Waals surface area contributed by atoms with Crippen LogP contribution in [0.25, 0.3) is 0 Å². The first kappa shape index (κ1) is 16.9. The highest BCUT2D eigenvalue weighted by Gasteiger charge is 2.36. The lowest BCUT2D eigenvalue weighted by molar-refractivity contribution is 0.257. The standard InChI is InChI=1S/C13H28N2O3S/c1-3-9-14(10-4-2)19(17,18)15-11-5-7-13(15)8-6-12-16/h13,16H,3-12H2,1-2H3. The number of aliphatic hydroxyl groups is 1. The van der Waals surface area contributed by atoms with Gasteiger partial charge in [-0.1, -0.05) is 13.8 Å². The van der Waals surface area contributed by atoms with Crippen LogP contribution in [0, 0.1) is 0 Å². The van der Waals surface area contributed by atoms with E-state index in [1.165, 1.54) is 0 Å². The molecule has 0 saturated carbocycles. The first-order valence-electron chi connectivity index (χ1n) is 7.45. The van der Waals surface area contributed by atoms with Crippen LogP contribution < -0.4 is 0 Å². The summed E-state index contributed by atoms with van der Waals surface area (Å²) in [4.78, 5) is 0. The summed E-state index contributed by atoms with van der Waals surface area (Å²) in [5, 5.41) is 8.91. The second-order valence-corrected chi connectivity index (χ2v) is 7.06. The van der Waals surface area contributed by atoms with Gasteiger partial charge in [0.2, 0.25) is 0 Å². The molecule has 1 unspecified atom stereocenters. The Hall–Kier alpha value is -0.170. The molecule has 1 aliphatic rings. The molecule has 114 valence electrons. The summed E-state index contributed by atoms with van der Waals surface area (Å²) in [6.07, 6.45) is 4.98. The molecule has 0 radical (unpaired) electrons. The molecule has 1 saturated heterocycles. The van der Waals surface area contributed by atoms with E-state index < -0.39 is 10.2 Å². The van der Waals surface area contributed by atoms with Crippen LogP contribution >= 0.6 is 0 Å². The van der Waals surface area contributed by atoms with Crippen molar-refractivity contribution in [3.05, 3.63) is 0 Å². The van der Waals surface area contributed by atoms with Gasteiger partial charge in [-0.2, -0.15) is 17.0 Å². The number of nitrogens with zero attached hydrogens (tertiary/aromatic N) is 2. The van der Waals surface area contributed by atoms with Crippen molar-refractivity contribution in [2.45, 2.75) is 58.4 Å². The van der Waals surface area contributed by atoms with Crippen LogP contribution in [0.4, 0.5) is 0 Å². The largest absolute Gasteiger partial charge is 0.396 e. The fraction of sp³-hybridized carbons (Fsp3) is 1.00. The second-order valence-electron chi connectivity index (χ2n) is 5.18. The Morgan fingerprint density at radius 1 is 1.26 bits per heavy atom. The SMILES string of the molecule is CCCN(CCC)S(=O)(=O)N1CCCC1CCCO. The van der Waals surface area contributed by atoms with Gasteiger partial charge in [-0.25, -0.2) is 0 Å². The third-order valence-electron chi connectivity index (χ3n) is 3.59. The molecule has 1 N–H and O–H groups in total. The first-order valence-corrected chi connectivity index (χ1v) is 8.85. The Morgan fingerprint density at radius 3 is 2.42 bits per heavy atom. The highest BCUT2D eigenvalue weighted by molar-refractivity contribution is 7.86. The van der Waals surface area contributed by atoms with Gasteiger partial charge in [-0.3, -0.25) is 0 Å². The van der Waals surface area contributed by atoms with E-state index in [-0.39, 0.29) is 12.6 Å². The number of rotatable bonds is 9. The molecule has 1 heterocycles. The van der Waals surface area contributed by atoms with Gasteiger partial charge in [0.1, 0.15) is 0 Å². The van der Waals surface area contributed by atoms with Crippen molar-refractivity contribution >= 4 is 10.2 Å². The van der Waals surface area contributed by atoms with Gasteiger partial charge in [0.05, 0.1) is 0 Å². The van der Waals surface area contributed by atoms with Crippen molar-refractivity contribution in [2.24, 2.45) is 0 Å². The van der Waals surface area contributed by atoms with Gasteiger partial charge in [0, 0.05) is 32.3 Å². The predicted octanol–water partition coefficient (Wildman–Crippen LogP) is 1.59. The summed E-state index contributed by atoms with van der Waals surface area (Å²) < 4.78 is 28.6. The summed E-state index contributed by atoms with van der Waals surface area (Å²) in [6, 6.07) is 0.0772. The molecule has 5 nitrogen and oxygen atoms in total. The Bertz CT molecular complexity index is 340. The maximum absolute atomic E-state index is 12.7.